The molecule has 5 nitrogen and oxygen atoms in total. The smallest absolute Gasteiger partial charge is 0.312 e. The number of ether oxygens (including phenoxy) is 2. The van der Waals surface area contributed by atoms with Crippen molar-refractivity contribution in [2.75, 3.05) is 0 Å². The first-order valence-corrected chi connectivity index (χ1v) is 15.4. The van der Waals surface area contributed by atoms with Crippen LogP contribution in [0.15, 0.2) is 0 Å². The molecule has 0 aromatic rings. The van der Waals surface area contributed by atoms with E-state index in [0.29, 0.717) is 18.3 Å². The zero-order valence-electron chi connectivity index (χ0n) is 25.0. The van der Waals surface area contributed by atoms with Crippen molar-refractivity contribution in [2.24, 2.45) is 22.7 Å². The Labute approximate surface area is 226 Å². The Balaban J connectivity index is 0.000000206. The summed E-state index contributed by atoms with van der Waals surface area (Å²) in [7, 11) is 0. The minimum Gasteiger partial charge on any atom is -0.459 e. The molecule has 1 N–H and O–H groups in total. The Morgan fingerprint density at radius 2 is 1.22 bits per heavy atom. The lowest BCUT2D eigenvalue weighted by atomic mass is 9.52. The van der Waals surface area contributed by atoms with E-state index in [-0.39, 0.29) is 28.6 Å². The zero-order chi connectivity index (χ0) is 27.5. The number of esters is 2. The second kappa shape index (κ2) is 11.6. The number of aliphatic hydroxyl groups is 1. The van der Waals surface area contributed by atoms with Gasteiger partial charge in [-0.15, -0.1) is 0 Å². The fourth-order valence-electron chi connectivity index (χ4n) is 7.29. The quantitative estimate of drug-likeness (QED) is 0.345. The minimum absolute atomic E-state index is 0.00702. The lowest BCUT2D eigenvalue weighted by molar-refractivity contribution is -0.225. The van der Waals surface area contributed by atoms with E-state index in [1.807, 2.05) is 34.6 Å². The van der Waals surface area contributed by atoms with E-state index in [9.17, 15) is 14.7 Å². The average molecular weight is 521 g/mol. The van der Waals surface area contributed by atoms with Gasteiger partial charge < -0.3 is 14.6 Å². The van der Waals surface area contributed by atoms with E-state index in [4.69, 9.17) is 9.47 Å². The van der Waals surface area contributed by atoms with E-state index in [1.54, 1.807) is 0 Å². The molecule has 0 spiro atoms. The summed E-state index contributed by atoms with van der Waals surface area (Å²) < 4.78 is 12.0. The van der Waals surface area contributed by atoms with Crippen LogP contribution in [0.1, 0.15) is 151 Å². The van der Waals surface area contributed by atoms with Crippen LogP contribution in [-0.4, -0.2) is 33.8 Å². The molecule has 2 unspecified atom stereocenters. The number of carbonyl (C=O) groups is 2. The van der Waals surface area contributed by atoms with E-state index in [1.165, 1.54) is 38.5 Å². The zero-order valence-corrected chi connectivity index (χ0v) is 25.0. The molecule has 5 heteroatoms. The SMILES string of the molecule is CCC(C)(C)C(=O)OC12CC3CC(CC(O)(C3)C1)C2.CCC1(OC(=O)C(C)(C)CC)CCCCCCC1. The molecule has 37 heavy (non-hydrogen) atoms. The summed E-state index contributed by atoms with van der Waals surface area (Å²) >= 11 is 0. The Morgan fingerprint density at radius 1 is 0.757 bits per heavy atom. The fraction of sp³-hybridized carbons (Fsp3) is 0.938. The molecule has 5 aliphatic carbocycles. The average Bonchev–Trinajstić information content (AvgIpc) is 2.79. The van der Waals surface area contributed by atoms with Crippen LogP contribution in [0, 0.1) is 22.7 Å². The third-order valence-corrected chi connectivity index (χ3v) is 10.4. The van der Waals surface area contributed by atoms with Gasteiger partial charge >= 0.3 is 11.9 Å². The predicted molar refractivity (Wildman–Crippen MR) is 148 cm³/mol. The highest BCUT2D eigenvalue weighted by Gasteiger charge is 2.59. The van der Waals surface area contributed by atoms with Crippen LogP contribution in [0.2, 0.25) is 0 Å². The third kappa shape index (κ3) is 7.31. The monoisotopic (exact) mass is 520 g/mol. The molecule has 0 aromatic heterocycles. The van der Waals surface area contributed by atoms with Crippen LogP contribution in [0.25, 0.3) is 0 Å². The second-order valence-corrected chi connectivity index (χ2v) is 14.4. The number of hydrogen-bond donors (Lipinski definition) is 1. The van der Waals surface area contributed by atoms with Crippen molar-refractivity contribution in [1.29, 1.82) is 0 Å². The summed E-state index contributed by atoms with van der Waals surface area (Å²) in [5.41, 5.74) is -1.84. The van der Waals surface area contributed by atoms with Gasteiger partial charge in [0.1, 0.15) is 11.2 Å². The third-order valence-electron chi connectivity index (χ3n) is 10.4. The molecule has 4 bridgehead atoms. The van der Waals surface area contributed by atoms with Crippen molar-refractivity contribution in [3.8, 4) is 0 Å². The molecule has 5 saturated carbocycles. The summed E-state index contributed by atoms with van der Waals surface area (Å²) in [6.45, 7) is 14.1. The molecule has 0 aromatic carbocycles. The van der Waals surface area contributed by atoms with Gasteiger partial charge in [0.2, 0.25) is 0 Å². The summed E-state index contributed by atoms with van der Waals surface area (Å²) in [4.78, 5) is 24.7. The van der Waals surface area contributed by atoms with E-state index < -0.39 is 11.0 Å². The van der Waals surface area contributed by atoms with Crippen molar-refractivity contribution in [2.45, 2.75) is 168 Å². The van der Waals surface area contributed by atoms with Crippen molar-refractivity contribution in [3.05, 3.63) is 0 Å². The van der Waals surface area contributed by atoms with Gasteiger partial charge in [-0.1, -0.05) is 40.0 Å². The summed E-state index contributed by atoms with van der Waals surface area (Å²) in [5.74, 6) is 1.03. The first-order valence-electron chi connectivity index (χ1n) is 15.4. The molecule has 0 aliphatic heterocycles. The topological polar surface area (TPSA) is 72.8 Å². The van der Waals surface area contributed by atoms with Gasteiger partial charge in [0, 0.05) is 6.42 Å². The Morgan fingerprint density at radius 3 is 1.65 bits per heavy atom. The van der Waals surface area contributed by atoms with Gasteiger partial charge in [-0.25, -0.2) is 0 Å². The lowest BCUT2D eigenvalue weighted by Gasteiger charge is -2.59. The highest BCUT2D eigenvalue weighted by molar-refractivity contribution is 5.76. The predicted octanol–water partition coefficient (Wildman–Crippen LogP) is 7.91. The maximum absolute atomic E-state index is 12.4. The Kier molecular flexibility index (Phi) is 9.51. The molecule has 0 radical (unpaired) electrons. The number of hydrogen-bond acceptors (Lipinski definition) is 5. The molecule has 0 saturated heterocycles. The standard InChI is InChI=1S/C16H26O3.C16H30O2/c1-4-14(2,3)13(17)19-16-8-11-5-12(9-16)7-15(18,6-11)10-16;1-5-15(3,4)14(17)18-16(6-2)12-10-8-7-9-11-13-16/h11-12,18H,4-10H2,1-3H3;5-13H2,1-4H3. The van der Waals surface area contributed by atoms with Crippen LogP contribution < -0.4 is 0 Å². The molecule has 214 valence electrons. The van der Waals surface area contributed by atoms with Gasteiger partial charge in [-0.3, -0.25) is 9.59 Å². The van der Waals surface area contributed by atoms with Crippen molar-refractivity contribution < 1.29 is 24.2 Å². The normalized spacial score (nSPS) is 33.0. The maximum atomic E-state index is 12.4. The van der Waals surface area contributed by atoms with Crippen LogP contribution in [0.5, 0.6) is 0 Å². The van der Waals surface area contributed by atoms with Crippen molar-refractivity contribution in [1.82, 2.24) is 0 Å². The number of carbonyl (C=O) groups excluding carboxylic acids is 2. The highest BCUT2D eigenvalue weighted by Crippen LogP contribution is 2.59. The molecular formula is C32H56O5. The fourth-order valence-corrected chi connectivity index (χ4v) is 7.29. The molecule has 5 aliphatic rings. The van der Waals surface area contributed by atoms with Gasteiger partial charge in [-0.05, 0) is 117 Å². The summed E-state index contributed by atoms with van der Waals surface area (Å²) in [6, 6.07) is 0. The van der Waals surface area contributed by atoms with Crippen molar-refractivity contribution >= 4 is 11.9 Å². The van der Waals surface area contributed by atoms with Crippen LogP contribution in [-0.2, 0) is 19.1 Å². The van der Waals surface area contributed by atoms with Gasteiger partial charge in [-0.2, -0.15) is 0 Å². The maximum Gasteiger partial charge on any atom is 0.312 e. The van der Waals surface area contributed by atoms with Gasteiger partial charge in [0.15, 0.2) is 0 Å². The van der Waals surface area contributed by atoms with E-state index in [2.05, 4.69) is 13.8 Å². The molecule has 5 fully saturated rings. The van der Waals surface area contributed by atoms with Crippen LogP contribution in [0.3, 0.4) is 0 Å². The molecule has 2 atom stereocenters. The first kappa shape index (κ1) is 30.4. The number of rotatable bonds is 7. The van der Waals surface area contributed by atoms with Crippen LogP contribution in [0.4, 0.5) is 0 Å². The molecule has 0 amide bonds. The van der Waals surface area contributed by atoms with Gasteiger partial charge in [0.25, 0.3) is 0 Å². The molecule has 5 rings (SSSR count). The van der Waals surface area contributed by atoms with E-state index >= 15 is 0 Å². The minimum atomic E-state index is -0.555. The van der Waals surface area contributed by atoms with Gasteiger partial charge in [0.05, 0.1) is 16.4 Å². The second-order valence-electron chi connectivity index (χ2n) is 14.4. The summed E-state index contributed by atoms with van der Waals surface area (Å²) in [5, 5.41) is 10.6. The van der Waals surface area contributed by atoms with E-state index in [0.717, 1.165) is 57.8 Å². The Hall–Kier alpha value is -1.10. The molecule has 0 heterocycles. The molecular weight excluding hydrogens is 464 g/mol. The Bertz CT molecular complexity index is 775. The first-order chi connectivity index (χ1) is 17.2. The lowest BCUT2D eigenvalue weighted by Crippen LogP contribution is -2.61. The van der Waals surface area contributed by atoms with Crippen LogP contribution >= 0.6 is 0 Å². The largest absolute Gasteiger partial charge is 0.459 e. The highest BCUT2D eigenvalue weighted by atomic mass is 16.6. The summed E-state index contributed by atoms with van der Waals surface area (Å²) in [6.07, 6.45) is 16.7. The van der Waals surface area contributed by atoms with Crippen molar-refractivity contribution in [3.63, 3.8) is 0 Å².